The molecular formula is C15H32N4. The van der Waals surface area contributed by atoms with Crippen LogP contribution in [0.2, 0.25) is 0 Å². The predicted octanol–water partition coefficient (Wildman–Crippen LogP) is 2.22. The highest BCUT2D eigenvalue weighted by atomic mass is 15.2. The molecule has 1 saturated heterocycles. The molecule has 1 aliphatic rings. The molecule has 0 bridgehead atoms. The minimum atomic E-state index is 0.650. The van der Waals surface area contributed by atoms with Crippen LogP contribution in [0.25, 0.3) is 0 Å². The highest BCUT2D eigenvalue weighted by Gasteiger charge is 2.20. The van der Waals surface area contributed by atoms with Gasteiger partial charge in [-0.2, -0.15) is 0 Å². The fourth-order valence-corrected chi connectivity index (χ4v) is 2.66. The van der Waals surface area contributed by atoms with E-state index in [0.717, 1.165) is 19.0 Å². The molecule has 0 aromatic heterocycles. The maximum atomic E-state index is 4.29. The molecule has 2 N–H and O–H groups in total. The number of hydrogen-bond acceptors (Lipinski definition) is 2. The molecule has 112 valence electrons. The van der Waals surface area contributed by atoms with E-state index in [0.29, 0.717) is 6.04 Å². The molecule has 1 atom stereocenters. The Bertz CT molecular complexity index is 247. The van der Waals surface area contributed by atoms with Crippen molar-refractivity contribution in [2.24, 2.45) is 4.99 Å². The fraction of sp³-hybridized carbons (Fsp3) is 0.933. The Balaban J connectivity index is 2.22. The first-order chi connectivity index (χ1) is 9.31. The zero-order valence-electron chi connectivity index (χ0n) is 13.0. The topological polar surface area (TPSA) is 39.7 Å². The molecule has 0 aliphatic carbocycles. The van der Waals surface area contributed by atoms with Crippen LogP contribution in [0.15, 0.2) is 4.99 Å². The van der Waals surface area contributed by atoms with E-state index in [1.54, 1.807) is 0 Å². The van der Waals surface area contributed by atoms with E-state index in [1.165, 1.54) is 51.6 Å². The molecule has 1 fully saturated rings. The zero-order chi connectivity index (χ0) is 13.9. The summed E-state index contributed by atoms with van der Waals surface area (Å²) in [4.78, 5) is 6.90. The Morgan fingerprint density at radius 3 is 2.47 bits per heavy atom. The van der Waals surface area contributed by atoms with Gasteiger partial charge in [-0.3, -0.25) is 9.89 Å². The summed E-state index contributed by atoms with van der Waals surface area (Å²) in [5, 5.41) is 6.87. The van der Waals surface area contributed by atoms with Gasteiger partial charge < -0.3 is 10.6 Å². The van der Waals surface area contributed by atoms with Crippen molar-refractivity contribution in [1.82, 2.24) is 15.5 Å². The summed E-state index contributed by atoms with van der Waals surface area (Å²) in [5.41, 5.74) is 0. The van der Waals surface area contributed by atoms with Crippen molar-refractivity contribution in [1.29, 1.82) is 0 Å². The molecule has 0 spiro atoms. The minimum absolute atomic E-state index is 0.650. The summed E-state index contributed by atoms with van der Waals surface area (Å²) in [6, 6.07) is 0.650. The summed E-state index contributed by atoms with van der Waals surface area (Å²) in [6.45, 7) is 9.07. The Hall–Kier alpha value is -0.770. The van der Waals surface area contributed by atoms with Crippen LogP contribution in [0.3, 0.4) is 0 Å². The van der Waals surface area contributed by atoms with E-state index in [9.17, 15) is 0 Å². The van der Waals surface area contributed by atoms with Crippen molar-refractivity contribution in [3.05, 3.63) is 0 Å². The Morgan fingerprint density at radius 2 is 1.89 bits per heavy atom. The second-order valence-electron chi connectivity index (χ2n) is 5.39. The normalized spacial score (nSPS) is 18.6. The van der Waals surface area contributed by atoms with Gasteiger partial charge in [0.2, 0.25) is 0 Å². The van der Waals surface area contributed by atoms with E-state index < -0.39 is 0 Å². The third-order valence-electron chi connectivity index (χ3n) is 3.93. The highest BCUT2D eigenvalue weighted by Crippen LogP contribution is 2.13. The number of nitrogens with zero attached hydrogens (tertiary/aromatic N) is 2. The third kappa shape index (κ3) is 6.28. The second kappa shape index (κ2) is 10.1. The Kier molecular flexibility index (Phi) is 8.63. The van der Waals surface area contributed by atoms with Crippen LogP contribution in [0.1, 0.15) is 52.4 Å². The molecule has 0 amide bonds. The van der Waals surface area contributed by atoms with Gasteiger partial charge in [-0.05, 0) is 38.8 Å². The molecule has 4 nitrogen and oxygen atoms in total. The minimum Gasteiger partial charge on any atom is -0.356 e. The van der Waals surface area contributed by atoms with Crippen LogP contribution in [0.4, 0.5) is 0 Å². The van der Waals surface area contributed by atoms with Crippen molar-refractivity contribution in [2.75, 3.05) is 33.2 Å². The van der Waals surface area contributed by atoms with Crippen molar-refractivity contribution >= 4 is 5.96 Å². The van der Waals surface area contributed by atoms with Gasteiger partial charge in [-0.15, -0.1) is 0 Å². The van der Waals surface area contributed by atoms with E-state index in [4.69, 9.17) is 0 Å². The van der Waals surface area contributed by atoms with Gasteiger partial charge in [0.15, 0.2) is 5.96 Å². The van der Waals surface area contributed by atoms with Crippen LogP contribution < -0.4 is 10.6 Å². The average molecular weight is 268 g/mol. The van der Waals surface area contributed by atoms with Crippen molar-refractivity contribution in [3.63, 3.8) is 0 Å². The standard InChI is InChI=1S/C15H32N4/c1-4-6-7-10-17-15(16-3)18-13-14(5-2)19-11-8-9-12-19/h14H,4-13H2,1-3H3,(H2,16,17,18). The Morgan fingerprint density at radius 1 is 1.16 bits per heavy atom. The average Bonchev–Trinajstić information content (AvgIpc) is 2.96. The predicted molar refractivity (Wildman–Crippen MR) is 83.8 cm³/mol. The molecule has 1 aliphatic heterocycles. The molecular weight excluding hydrogens is 236 g/mol. The number of rotatable bonds is 8. The largest absolute Gasteiger partial charge is 0.356 e. The van der Waals surface area contributed by atoms with Gasteiger partial charge >= 0.3 is 0 Å². The van der Waals surface area contributed by atoms with Gasteiger partial charge in [-0.1, -0.05) is 26.7 Å². The van der Waals surface area contributed by atoms with Crippen molar-refractivity contribution in [3.8, 4) is 0 Å². The van der Waals surface area contributed by atoms with Crippen LogP contribution in [0.5, 0.6) is 0 Å². The summed E-state index contributed by atoms with van der Waals surface area (Å²) >= 11 is 0. The molecule has 0 aromatic carbocycles. The van der Waals surface area contributed by atoms with Gasteiger partial charge in [0.05, 0.1) is 0 Å². The van der Waals surface area contributed by atoms with Crippen LogP contribution in [0, 0.1) is 0 Å². The number of likely N-dealkylation sites (tertiary alicyclic amines) is 1. The number of hydrogen-bond donors (Lipinski definition) is 2. The molecule has 19 heavy (non-hydrogen) atoms. The lowest BCUT2D eigenvalue weighted by molar-refractivity contribution is 0.236. The van der Waals surface area contributed by atoms with Crippen LogP contribution in [-0.2, 0) is 0 Å². The van der Waals surface area contributed by atoms with Crippen LogP contribution in [-0.4, -0.2) is 50.1 Å². The van der Waals surface area contributed by atoms with E-state index in [2.05, 4.69) is 34.4 Å². The number of nitrogens with one attached hydrogen (secondary N) is 2. The molecule has 1 heterocycles. The van der Waals surface area contributed by atoms with E-state index >= 15 is 0 Å². The van der Waals surface area contributed by atoms with Crippen molar-refractivity contribution < 1.29 is 0 Å². The summed E-state index contributed by atoms with van der Waals surface area (Å²) in [7, 11) is 1.85. The maximum absolute atomic E-state index is 4.29. The molecule has 1 rings (SSSR count). The summed E-state index contributed by atoms with van der Waals surface area (Å²) in [5.74, 6) is 0.953. The first kappa shape index (κ1) is 16.3. The van der Waals surface area contributed by atoms with E-state index in [-0.39, 0.29) is 0 Å². The fourth-order valence-electron chi connectivity index (χ4n) is 2.66. The second-order valence-corrected chi connectivity index (χ2v) is 5.39. The van der Waals surface area contributed by atoms with Crippen molar-refractivity contribution in [2.45, 2.75) is 58.4 Å². The molecule has 1 unspecified atom stereocenters. The van der Waals surface area contributed by atoms with Gasteiger partial charge in [0.25, 0.3) is 0 Å². The van der Waals surface area contributed by atoms with Crippen LogP contribution >= 0.6 is 0 Å². The summed E-state index contributed by atoms with van der Waals surface area (Å²) < 4.78 is 0. The van der Waals surface area contributed by atoms with Gasteiger partial charge in [0.1, 0.15) is 0 Å². The number of aliphatic imine (C=N–C) groups is 1. The smallest absolute Gasteiger partial charge is 0.191 e. The molecule has 0 aromatic rings. The Labute approximate surface area is 119 Å². The highest BCUT2D eigenvalue weighted by molar-refractivity contribution is 5.79. The summed E-state index contributed by atoms with van der Waals surface area (Å²) in [6.07, 6.45) is 7.71. The molecule has 0 radical (unpaired) electrons. The maximum Gasteiger partial charge on any atom is 0.191 e. The SMILES string of the molecule is CCCCCNC(=NC)NCC(CC)N1CCCC1. The molecule has 4 heteroatoms. The van der Waals surface area contributed by atoms with Gasteiger partial charge in [-0.25, -0.2) is 0 Å². The number of guanidine groups is 1. The third-order valence-corrected chi connectivity index (χ3v) is 3.93. The first-order valence-corrected chi connectivity index (χ1v) is 8.00. The lowest BCUT2D eigenvalue weighted by atomic mass is 10.2. The lowest BCUT2D eigenvalue weighted by Gasteiger charge is -2.27. The van der Waals surface area contributed by atoms with Gasteiger partial charge in [0, 0.05) is 26.2 Å². The monoisotopic (exact) mass is 268 g/mol. The zero-order valence-corrected chi connectivity index (χ0v) is 13.0. The number of unbranched alkanes of at least 4 members (excludes halogenated alkanes) is 2. The first-order valence-electron chi connectivity index (χ1n) is 8.00. The molecule has 0 saturated carbocycles. The quantitative estimate of drug-likeness (QED) is 0.403. The lowest BCUT2D eigenvalue weighted by Crippen LogP contribution is -2.46. The van der Waals surface area contributed by atoms with E-state index in [1.807, 2.05) is 7.05 Å².